The number of aromatic amines is 2. The Morgan fingerprint density at radius 2 is 1.80 bits per heavy atom. The Balaban J connectivity index is 1.52. The number of rotatable bonds is 3. The first kappa shape index (κ1) is 16.9. The average Bonchev–Trinajstić information content (AvgIpc) is 3.51. The average molecular weight is 413 g/mol. The summed E-state index contributed by atoms with van der Waals surface area (Å²) in [7, 11) is 0. The minimum atomic E-state index is -0.254. The maximum Gasteiger partial charge on any atom is 0.177 e. The zero-order valence-electron chi connectivity index (χ0n) is 15.3. The second-order valence-electron chi connectivity index (χ2n) is 6.70. The predicted octanol–water partition coefficient (Wildman–Crippen LogP) is 4.83. The molecule has 30 heavy (non-hydrogen) atoms. The number of thiophene rings is 1. The Hall–Kier alpha value is -3.98. The van der Waals surface area contributed by atoms with Gasteiger partial charge in [-0.15, -0.1) is 11.3 Å². The van der Waals surface area contributed by atoms with Crippen LogP contribution in [0.1, 0.15) is 0 Å². The van der Waals surface area contributed by atoms with E-state index in [4.69, 9.17) is 4.98 Å². The molecule has 0 bridgehead atoms. The highest BCUT2D eigenvalue weighted by Gasteiger charge is 2.17. The van der Waals surface area contributed by atoms with Gasteiger partial charge in [-0.1, -0.05) is 6.07 Å². The van der Waals surface area contributed by atoms with Gasteiger partial charge in [0.25, 0.3) is 0 Å². The van der Waals surface area contributed by atoms with E-state index in [0.29, 0.717) is 22.7 Å². The van der Waals surface area contributed by atoms with Gasteiger partial charge in [0.1, 0.15) is 23.2 Å². The van der Waals surface area contributed by atoms with Crippen LogP contribution in [-0.2, 0) is 0 Å². The van der Waals surface area contributed by atoms with Crippen molar-refractivity contribution in [2.45, 2.75) is 0 Å². The number of aromatic nitrogens is 7. The van der Waals surface area contributed by atoms with Crippen LogP contribution in [-0.4, -0.2) is 35.1 Å². The number of imidazole rings is 1. The van der Waals surface area contributed by atoms with Crippen LogP contribution in [0.15, 0.2) is 61.3 Å². The molecule has 5 heterocycles. The number of benzene rings is 1. The van der Waals surface area contributed by atoms with Crippen molar-refractivity contribution in [2.24, 2.45) is 0 Å². The fraction of sp³-hybridized carbons (Fsp3) is 0. The zero-order valence-corrected chi connectivity index (χ0v) is 16.1. The first-order valence-electron chi connectivity index (χ1n) is 9.10. The van der Waals surface area contributed by atoms with E-state index in [-0.39, 0.29) is 5.13 Å². The summed E-state index contributed by atoms with van der Waals surface area (Å²) in [5, 5.41) is 8.20. The van der Waals surface area contributed by atoms with Gasteiger partial charge in [0, 0.05) is 29.5 Å². The molecule has 0 aliphatic carbocycles. The van der Waals surface area contributed by atoms with Crippen LogP contribution >= 0.6 is 11.3 Å². The van der Waals surface area contributed by atoms with Crippen molar-refractivity contribution in [1.29, 1.82) is 0 Å². The van der Waals surface area contributed by atoms with Crippen molar-refractivity contribution in [1.82, 2.24) is 35.1 Å². The standard InChI is InChI=1S/C21H12FN7S/c22-17-4-3-16(30-17)20-19-15(5-6-25-20)26-21(27-19)18-13-7-11(1-2-14(13)28-29-18)12-8-23-10-24-9-12/h1-10H,(H,26,27)(H,28,29). The summed E-state index contributed by atoms with van der Waals surface area (Å²) < 4.78 is 13.5. The van der Waals surface area contributed by atoms with Crippen LogP contribution < -0.4 is 0 Å². The number of halogens is 1. The molecule has 0 saturated heterocycles. The van der Waals surface area contributed by atoms with Crippen molar-refractivity contribution in [3.63, 3.8) is 0 Å². The van der Waals surface area contributed by atoms with Gasteiger partial charge < -0.3 is 4.98 Å². The summed E-state index contributed by atoms with van der Waals surface area (Å²) in [6, 6.07) is 11.0. The molecule has 2 N–H and O–H groups in total. The molecule has 5 aromatic heterocycles. The summed E-state index contributed by atoms with van der Waals surface area (Å²) in [5.74, 6) is 0.615. The van der Waals surface area contributed by atoms with Crippen molar-refractivity contribution in [3.05, 3.63) is 66.4 Å². The van der Waals surface area contributed by atoms with E-state index >= 15 is 0 Å². The van der Waals surface area contributed by atoms with E-state index in [1.807, 2.05) is 24.3 Å². The van der Waals surface area contributed by atoms with Gasteiger partial charge in [-0.2, -0.15) is 9.49 Å². The molecule has 0 amide bonds. The lowest BCUT2D eigenvalue weighted by Gasteiger charge is -2.00. The molecule has 7 nitrogen and oxygen atoms in total. The van der Waals surface area contributed by atoms with Gasteiger partial charge in [-0.25, -0.2) is 15.0 Å². The summed E-state index contributed by atoms with van der Waals surface area (Å²) in [5.41, 5.74) is 5.63. The molecule has 0 radical (unpaired) electrons. The molecular formula is C21H12FN7S. The predicted molar refractivity (Wildman–Crippen MR) is 113 cm³/mol. The lowest BCUT2D eigenvalue weighted by Crippen LogP contribution is -1.84. The summed E-state index contributed by atoms with van der Waals surface area (Å²) >= 11 is 1.05. The number of fused-ring (bicyclic) bond motifs is 2. The third kappa shape index (κ3) is 2.67. The Kier molecular flexibility index (Phi) is 3.68. The summed E-state index contributed by atoms with van der Waals surface area (Å²) in [4.78, 5) is 21.4. The van der Waals surface area contributed by atoms with Crippen molar-refractivity contribution in [2.75, 3.05) is 0 Å². The van der Waals surface area contributed by atoms with Crippen molar-refractivity contribution >= 4 is 33.3 Å². The Labute approximate surface area is 172 Å². The monoisotopic (exact) mass is 413 g/mol. The quantitative estimate of drug-likeness (QED) is 0.433. The third-order valence-corrected chi connectivity index (χ3v) is 5.77. The maximum atomic E-state index is 13.5. The number of nitrogens with zero attached hydrogens (tertiary/aromatic N) is 5. The Bertz CT molecular complexity index is 1520. The summed E-state index contributed by atoms with van der Waals surface area (Å²) in [6.07, 6.45) is 6.73. The number of nitrogens with one attached hydrogen (secondary N) is 2. The fourth-order valence-electron chi connectivity index (χ4n) is 3.49. The van der Waals surface area contributed by atoms with Crippen LogP contribution in [0.2, 0.25) is 0 Å². The van der Waals surface area contributed by atoms with E-state index in [9.17, 15) is 4.39 Å². The highest BCUT2D eigenvalue weighted by Crippen LogP contribution is 2.34. The molecule has 0 aliphatic rings. The molecule has 0 atom stereocenters. The SMILES string of the molecule is Fc1ccc(-c2nccc3[nH]c(-c4n[nH]c5ccc(-c6cncnc6)cc45)nc23)s1. The van der Waals surface area contributed by atoms with E-state index in [0.717, 1.165) is 43.8 Å². The van der Waals surface area contributed by atoms with Crippen LogP contribution in [0, 0.1) is 5.13 Å². The lowest BCUT2D eigenvalue weighted by molar-refractivity contribution is 0.657. The number of hydrogen-bond donors (Lipinski definition) is 2. The molecule has 6 aromatic rings. The molecular weight excluding hydrogens is 401 g/mol. The third-order valence-electron chi connectivity index (χ3n) is 4.89. The molecule has 9 heteroatoms. The fourth-order valence-corrected chi connectivity index (χ4v) is 4.22. The molecule has 1 aromatic carbocycles. The minimum Gasteiger partial charge on any atom is -0.336 e. The molecule has 0 aliphatic heterocycles. The van der Waals surface area contributed by atoms with E-state index in [1.54, 1.807) is 24.7 Å². The largest absolute Gasteiger partial charge is 0.336 e. The molecule has 0 fully saturated rings. The lowest BCUT2D eigenvalue weighted by atomic mass is 10.1. The highest BCUT2D eigenvalue weighted by molar-refractivity contribution is 7.13. The Morgan fingerprint density at radius 3 is 2.63 bits per heavy atom. The molecule has 0 unspecified atom stereocenters. The minimum absolute atomic E-state index is 0.254. The Morgan fingerprint density at radius 1 is 0.900 bits per heavy atom. The van der Waals surface area contributed by atoms with Crippen LogP contribution in [0.3, 0.4) is 0 Å². The smallest absolute Gasteiger partial charge is 0.177 e. The van der Waals surface area contributed by atoms with Crippen LogP contribution in [0.5, 0.6) is 0 Å². The zero-order chi connectivity index (χ0) is 20.1. The second-order valence-corrected chi connectivity index (χ2v) is 7.74. The molecule has 144 valence electrons. The van der Waals surface area contributed by atoms with E-state index < -0.39 is 0 Å². The van der Waals surface area contributed by atoms with Crippen LogP contribution in [0.4, 0.5) is 4.39 Å². The van der Waals surface area contributed by atoms with Gasteiger partial charge in [0.05, 0.1) is 15.9 Å². The number of H-pyrrole nitrogens is 2. The number of pyridine rings is 1. The molecule has 6 rings (SSSR count). The summed E-state index contributed by atoms with van der Waals surface area (Å²) in [6.45, 7) is 0. The molecule has 0 saturated carbocycles. The maximum absolute atomic E-state index is 13.5. The van der Waals surface area contributed by atoms with E-state index in [1.165, 1.54) is 12.4 Å². The second kappa shape index (κ2) is 6.53. The van der Waals surface area contributed by atoms with Gasteiger partial charge in [0.2, 0.25) is 0 Å². The highest BCUT2D eigenvalue weighted by atomic mass is 32.1. The topological polar surface area (TPSA) is 96.0 Å². The van der Waals surface area contributed by atoms with Gasteiger partial charge in [-0.05, 0) is 35.9 Å². The van der Waals surface area contributed by atoms with E-state index in [2.05, 4.69) is 30.1 Å². The number of hydrogen-bond acceptors (Lipinski definition) is 6. The van der Waals surface area contributed by atoms with Gasteiger partial charge in [-0.3, -0.25) is 10.1 Å². The molecule has 0 spiro atoms. The van der Waals surface area contributed by atoms with Crippen molar-refractivity contribution < 1.29 is 4.39 Å². The first-order valence-corrected chi connectivity index (χ1v) is 9.92. The van der Waals surface area contributed by atoms with Crippen LogP contribution in [0.25, 0.3) is 55.2 Å². The normalized spacial score (nSPS) is 11.5. The first-order chi connectivity index (χ1) is 14.8. The van der Waals surface area contributed by atoms with Gasteiger partial charge in [0.15, 0.2) is 11.0 Å². The van der Waals surface area contributed by atoms with Gasteiger partial charge >= 0.3 is 0 Å². The van der Waals surface area contributed by atoms with Crippen molar-refractivity contribution in [3.8, 4) is 33.2 Å².